The number of aromatic amines is 1. The van der Waals surface area contributed by atoms with Gasteiger partial charge in [0.25, 0.3) is 0 Å². The van der Waals surface area contributed by atoms with Crippen molar-refractivity contribution in [1.82, 2.24) is 15.2 Å². The third-order valence-electron chi connectivity index (χ3n) is 6.02. The Bertz CT molecular complexity index is 950. The summed E-state index contributed by atoms with van der Waals surface area (Å²) in [6, 6.07) is 7.05. The van der Waals surface area contributed by atoms with Crippen LogP contribution < -0.4 is 16.8 Å². The highest BCUT2D eigenvalue weighted by atomic mass is 16.5. The Hall–Kier alpha value is -3.23. The van der Waals surface area contributed by atoms with Gasteiger partial charge in [0, 0.05) is 49.8 Å². The molecule has 192 valence electrons. The van der Waals surface area contributed by atoms with Crippen LogP contribution in [0.5, 0.6) is 5.75 Å². The van der Waals surface area contributed by atoms with Gasteiger partial charge in [-0.3, -0.25) is 4.79 Å². The van der Waals surface area contributed by atoms with Gasteiger partial charge in [0.15, 0.2) is 0 Å². The molecule has 2 aliphatic heterocycles. The van der Waals surface area contributed by atoms with Crippen LogP contribution >= 0.6 is 0 Å². The summed E-state index contributed by atoms with van der Waals surface area (Å²) in [4.78, 5) is 15.5. The number of H-pyrrole nitrogens is 1. The SMILES string of the molecule is C1CCOCC1.C=CC(=O)NC.CC(CN1CCC1)c1c[nH]c(N)c1/C=C(\N)c1ccccc1O. The fourth-order valence-corrected chi connectivity index (χ4v) is 3.83. The lowest BCUT2D eigenvalue weighted by Gasteiger charge is -2.33. The van der Waals surface area contributed by atoms with E-state index < -0.39 is 0 Å². The number of nitrogens with two attached hydrogens (primary N) is 2. The molecule has 0 saturated carbocycles. The molecule has 0 aliphatic carbocycles. The molecule has 35 heavy (non-hydrogen) atoms. The van der Waals surface area contributed by atoms with E-state index in [4.69, 9.17) is 16.2 Å². The van der Waals surface area contributed by atoms with E-state index in [1.165, 1.54) is 44.8 Å². The molecule has 0 spiro atoms. The number of likely N-dealkylation sites (tertiary alicyclic amines) is 1. The molecular formula is C27H41N5O3. The number of nitrogens with zero attached hydrogens (tertiary/aromatic N) is 1. The van der Waals surface area contributed by atoms with E-state index in [0.29, 0.717) is 23.0 Å². The van der Waals surface area contributed by atoms with Gasteiger partial charge in [-0.25, -0.2) is 0 Å². The number of likely N-dealkylation sites (N-methyl/N-ethyl adjacent to an activating group) is 1. The summed E-state index contributed by atoms with van der Waals surface area (Å²) in [7, 11) is 1.56. The van der Waals surface area contributed by atoms with Gasteiger partial charge in [0.2, 0.25) is 5.91 Å². The van der Waals surface area contributed by atoms with E-state index in [9.17, 15) is 9.90 Å². The molecule has 2 aliphatic rings. The Kier molecular flexibility index (Phi) is 11.9. The summed E-state index contributed by atoms with van der Waals surface area (Å²) in [6.07, 6.45) is 10.3. The van der Waals surface area contributed by atoms with Gasteiger partial charge in [0.05, 0.1) is 0 Å². The van der Waals surface area contributed by atoms with E-state index in [-0.39, 0.29) is 11.7 Å². The molecule has 2 saturated heterocycles. The van der Waals surface area contributed by atoms with Crippen molar-refractivity contribution < 1.29 is 14.6 Å². The minimum atomic E-state index is -0.144. The van der Waals surface area contributed by atoms with E-state index in [2.05, 4.69) is 28.7 Å². The van der Waals surface area contributed by atoms with Crippen LogP contribution in [0.25, 0.3) is 11.8 Å². The number of phenols is 1. The van der Waals surface area contributed by atoms with Gasteiger partial charge in [0.1, 0.15) is 11.6 Å². The maximum absolute atomic E-state index is 9.95. The number of carbonyl (C=O) groups excluding carboxylic acids is 1. The largest absolute Gasteiger partial charge is 0.507 e. The first-order valence-corrected chi connectivity index (χ1v) is 12.2. The molecule has 2 aromatic rings. The van der Waals surface area contributed by atoms with Crippen molar-refractivity contribution in [2.24, 2.45) is 5.73 Å². The van der Waals surface area contributed by atoms with Crippen molar-refractivity contribution in [3.63, 3.8) is 0 Å². The molecule has 0 bridgehead atoms. The maximum atomic E-state index is 9.95. The Morgan fingerprint density at radius 2 is 1.94 bits per heavy atom. The molecule has 1 atom stereocenters. The first-order valence-electron chi connectivity index (χ1n) is 12.2. The number of nitrogen functional groups attached to an aromatic ring is 1. The Labute approximate surface area is 209 Å². The summed E-state index contributed by atoms with van der Waals surface area (Å²) >= 11 is 0. The zero-order valence-corrected chi connectivity index (χ0v) is 21.1. The molecule has 1 aromatic carbocycles. The average molecular weight is 484 g/mol. The number of para-hydroxylation sites is 1. The number of aromatic hydroxyl groups is 1. The molecule has 8 nitrogen and oxygen atoms in total. The number of rotatable bonds is 6. The number of nitrogens with one attached hydrogen (secondary N) is 2. The van der Waals surface area contributed by atoms with E-state index in [1.54, 1.807) is 25.2 Å². The predicted molar refractivity (Wildman–Crippen MR) is 144 cm³/mol. The minimum Gasteiger partial charge on any atom is -0.507 e. The number of hydrogen-bond donors (Lipinski definition) is 5. The summed E-state index contributed by atoms with van der Waals surface area (Å²) in [5.41, 5.74) is 15.5. The van der Waals surface area contributed by atoms with Crippen LogP contribution in [0.15, 0.2) is 43.1 Å². The Morgan fingerprint density at radius 1 is 1.26 bits per heavy atom. The molecule has 7 N–H and O–H groups in total. The Morgan fingerprint density at radius 3 is 2.40 bits per heavy atom. The smallest absolute Gasteiger partial charge is 0.243 e. The molecule has 3 heterocycles. The lowest BCUT2D eigenvalue weighted by atomic mass is 9.96. The zero-order valence-electron chi connectivity index (χ0n) is 21.1. The zero-order chi connectivity index (χ0) is 25.6. The molecular weight excluding hydrogens is 442 g/mol. The number of carbonyl (C=O) groups is 1. The third-order valence-corrected chi connectivity index (χ3v) is 6.02. The van der Waals surface area contributed by atoms with Crippen molar-refractivity contribution in [1.29, 1.82) is 0 Å². The highest BCUT2D eigenvalue weighted by molar-refractivity contribution is 5.86. The summed E-state index contributed by atoms with van der Waals surface area (Å²) < 4.78 is 5.07. The standard InChI is InChI=1S/C18H24N4O.C5H10O.C4H7NO/c1-12(11-22-7-4-8-22)15-10-21-18(20)14(15)9-16(19)13-5-2-3-6-17(13)23;1-2-4-6-5-3-1;1-3-4(6)5-2/h2-3,5-6,9-10,12,21,23H,4,7-8,11,19-20H2,1H3;1-5H2;3H,1H2,2H3,(H,5,6)/b16-9-;;. The van der Waals surface area contributed by atoms with Gasteiger partial charge < -0.3 is 36.5 Å². The third kappa shape index (κ3) is 9.15. The van der Waals surface area contributed by atoms with Gasteiger partial charge in [-0.15, -0.1) is 0 Å². The first-order chi connectivity index (χ1) is 16.9. The van der Waals surface area contributed by atoms with E-state index in [0.717, 1.165) is 30.9 Å². The van der Waals surface area contributed by atoms with Gasteiger partial charge in [-0.2, -0.15) is 0 Å². The topological polar surface area (TPSA) is 130 Å². The highest BCUT2D eigenvalue weighted by Crippen LogP contribution is 2.30. The summed E-state index contributed by atoms with van der Waals surface area (Å²) in [5.74, 6) is 1.00. The quantitative estimate of drug-likeness (QED) is 0.399. The highest BCUT2D eigenvalue weighted by Gasteiger charge is 2.20. The van der Waals surface area contributed by atoms with Crippen molar-refractivity contribution in [3.8, 4) is 5.75 Å². The van der Waals surface area contributed by atoms with Gasteiger partial charge >= 0.3 is 0 Å². The number of phenolic OH excluding ortho intramolecular Hbond substituents is 1. The number of aromatic nitrogens is 1. The van der Waals surface area contributed by atoms with E-state index in [1.807, 2.05) is 18.3 Å². The molecule has 1 amide bonds. The monoisotopic (exact) mass is 483 g/mol. The first kappa shape index (κ1) is 28.0. The Balaban J connectivity index is 0.000000296. The molecule has 1 unspecified atom stereocenters. The van der Waals surface area contributed by atoms with Gasteiger partial charge in [-0.05, 0) is 74.5 Å². The number of benzene rings is 1. The number of ether oxygens (including phenoxy) is 1. The van der Waals surface area contributed by atoms with Crippen molar-refractivity contribution in [2.45, 2.75) is 38.5 Å². The maximum Gasteiger partial charge on any atom is 0.243 e. The normalized spacial score (nSPS) is 16.5. The van der Waals surface area contributed by atoms with Crippen molar-refractivity contribution >= 4 is 23.5 Å². The van der Waals surface area contributed by atoms with Crippen LogP contribution in [0.1, 0.15) is 55.2 Å². The van der Waals surface area contributed by atoms with Crippen molar-refractivity contribution in [2.75, 3.05) is 45.6 Å². The molecule has 2 fully saturated rings. The van der Waals surface area contributed by atoms with Crippen LogP contribution in [0.4, 0.5) is 5.82 Å². The predicted octanol–water partition coefficient (Wildman–Crippen LogP) is 3.67. The number of hydrogen-bond acceptors (Lipinski definition) is 6. The molecule has 4 rings (SSSR count). The molecule has 1 aromatic heterocycles. The van der Waals surface area contributed by atoms with Crippen LogP contribution in [-0.4, -0.2) is 60.8 Å². The fraction of sp³-hybridized carbons (Fsp3) is 0.444. The van der Waals surface area contributed by atoms with Crippen molar-refractivity contribution in [3.05, 3.63) is 59.8 Å². The van der Waals surface area contributed by atoms with E-state index >= 15 is 0 Å². The van der Waals surface area contributed by atoms with Crippen LogP contribution in [0, 0.1) is 0 Å². The van der Waals surface area contributed by atoms with Crippen LogP contribution in [-0.2, 0) is 9.53 Å². The van der Waals surface area contributed by atoms with Crippen LogP contribution in [0.3, 0.4) is 0 Å². The lowest BCUT2D eigenvalue weighted by molar-refractivity contribution is -0.116. The minimum absolute atomic E-state index is 0.144. The second-order valence-electron chi connectivity index (χ2n) is 8.73. The lowest BCUT2D eigenvalue weighted by Crippen LogP contribution is -2.39. The van der Waals surface area contributed by atoms with Gasteiger partial charge in [-0.1, -0.05) is 25.6 Å². The number of anilines is 1. The summed E-state index contributed by atoms with van der Waals surface area (Å²) in [6.45, 7) is 10.8. The fourth-order valence-electron chi connectivity index (χ4n) is 3.83. The second-order valence-corrected chi connectivity index (χ2v) is 8.73. The average Bonchev–Trinajstić information content (AvgIpc) is 3.22. The number of amides is 1. The summed E-state index contributed by atoms with van der Waals surface area (Å²) in [5, 5.41) is 12.3. The van der Waals surface area contributed by atoms with Crippen LogP contribution in [0.2, 0.25) is 0 Å². The molecule has 0 radical (unpaired) electrons. The second kappa shape index (κ2) is 14.9. The molecule has 8 heteroatoms.